The summed E-state index contributed by atoms with van der Waals surface area (Å²) in [5.74, 6) is -0.447. The van der Waals surface area contributed by atoms with Crippen LogP contribution < -0.4 is 10.1 Å². The molecule has 2 atom stereocenters. The minimum atomic E-state index is -4.72. The topological polar surface area (TPSA) is 67.9 Å². The number of alkyl halides is 3. The molecule has 0 bridgehead atoms. The Morgan fingerprint density at radius 1 is 1.34 bits per heavy atom. The number of carbonyl (C=O) groups excluding carboxylic acids is 2. The number of nitrogens with zero attached hydrogens (tertiary/aromatic N) is 1. The summed E-state index contributed by atoms with van der Waals surface area (Å²) in [5.41, 5.74) is 0.741. The molecule has 1 aliphatic rings. The first-order chi connectivity index (χ1) is 13.7. The summed E-state index contributed by atoms with van der Waals surface area (Å²) in [6, 6.07) is 5.96. The van der Waals surface area contributed by atoms with Crippen LogP contribution in [0.25, 0.3) is 0 Å². The minimum Gasteiger partial charge on any atom is -0.453 e. The van der Waals surface area contributed by atoms with E-state index in [2.05, 4.69) is 14.8 Å². The maximum absolute atomic E-state index is 12.8. The number of amides is 2. The molecule has 1 aromatic carbocycles. The molecule has 1 heterocycles. The van der Waals surface area contributed by atoms with Crippen molar-refractivity contribution in [1.82, 2.24) is 10.2 Å². The highest BCUT2D eigenvalue weighted by Gasteiger charge is 2.31. The first kappa shape index (κ1) is 22.8. The molecule has 2 rings (SSSR count). The van der Waals surface area contributed by atoms with Crippen molar-refractivity contribution in [1.29, 1.82) is 0 Å². The number of likely N-dealkylation sites (tertiary alicyclic amines) is 1. The molecule has 0 unspecified atom stereocenters. The van der Waals surface area contributed by atoms with Crippen LogP contribution in [0.15, 0.2) is 24.3 Å². The molecular formula is C20H27F3N2O4. The predicted molar refractivity (Wildman–Crippen MR) is 100 cm³/mol. The zero-order valence-corrected chi connectivity index (χ0v) is 16.6. The lowest BCUT2D eigenvalue weighted by molar-refractivity contribution is -0.274. The third-order valence-electron chi connectivity index (χ3n) is 5.01. The van der Waals surface area contributed by atoms with Crippen LogP contribution in [0.3, 0.4) is 0 Å². The van der Waals surface area contributed by atoms with Crippen molar-refractivity contribution in [2.45, 2.75) is 39.0 Å². The molecule has 1 fully saturated rings. The average molecular weight is 416 g/mol. The third-order valence-corrected chi connectivity index (χ3v) is 5.01. The summed E-state index contributed by atoms with van der Waals surface area (Å²) in [4.78, 5) is 25.9. The van der Waals surface area contributed by atoms with Crippen LogP contribution in [0, 0.1) is 11.8 Å². The Bertz CT molecular complexity index is 697. The van der Waals surface area contributed by atoms with Crippen LogP contribution in [0.2, 0.25) is 0 Å². The smallest absolute Gasteiger partial charge is 0.453 e. The Morgan fingerprint density at radius 3 is 2.76 bits per heavy atom. The van der Waals surface area contributed by atoms with Crippen LogP contribution in [0.1, 0.15) is 31.7 Å². The zero-order valence-electron chi connectivity index (χ0n) is 16.6. The number of alkyl carbamates (subject to hydrolysis) is 1. The van der Waals surface area contributed by atoms with Crippen molar-refractivity contribution in [2.24, 2.45) is 11.8 Å². The van der Waals surface area contributed by atoms with Crippen LogP contribution >= 0.6 is 0 Å². The lowest BCUT2D eigenvalue weighted by Crippen LogP contribution is -2.46. The molecule has 6 nitrogen and oxygen atoms in total. The van der Waals surface area contributed by atoms with E-state index in [0.717, 1.165) is 18.4 Å². The molecule has 0 aromatic heterocycles. The lowest BCUT2D eigenvalue weighted by atomic mass is 9.90. The summed E-state index contributed by atoms with van der Waals surface area (Å²) in [5, 5.41) is 2.56. The second kappa shape index (κ2) is 10.4. The molecule has 1 aliphatic heterocycles. The fourth-order valence-electron chi connectivity index (χ4n) is 3.58. The largest absolute Gasteiger partial charge is 0.573 e. The van der Waals surface area contributed by atoms with Crippen LogP contribution in [-0.4, -0.2) is 50.0 Å². The normalized spacial score (nSPS) is 18.1. The zero-order chi connectivity index (χ0) is 21.4. The molecule has 1 saturated heterocycles. The number of methoxy groups -OCH3 is 1. The fourth-order valence-corrected chi connectivity index (χ4v) is 3.58. The minimum absolute atomic E-state index is 0.0252. The van der Waals surface area contributed by atoms with Gasteiger partial charge in [0, 0.05) is 19.6 Å². The first-order valence-corrected chi connectivity index (χ1v) is 9.67. The van der Waals surface area contributed by atoms with Gasteiger partial charge in [0.15, 0.2) is 0 Å². The predicted octanol–water partition coefficient (Wildman–Crippen LogP) is 3.75. The number of nitrogens with one attached hydrogen (secondary N) is 1. The molecule has 9 heteroatoms. The number of rotatable bonds is 7. The molecule has 2 amide bonds. The van der Waals surface area contributed by atoms with Gasteiger partial charge < -0.3 is 19.7 Å². The van der Waals surface area contributed by atoms with E-state index in [-0.39, 0.29) is 30.0 Å². The van der Waals surface area contributed by atoms with Gasteiger partial charge in [-0.05, 0) is 49.3 Å². The maximum atomic E-state index is 12.8. The van der Waals surface area contributed by atoms with E-state index in [1.165, 1.54) is 25.3 Å². The second-order valence-electron chi connectivity index (χ2n) is 7.17. The van der Waals surface area contributed by atoms with Gasteiger partial charge in [0.05, 0.1) is 13.0 Å². The molecular weight excluding hydrogens is 389 g/mol. The molecule has 1 N–H and O–H groups in total. The number of carbonyl (C=O) groups is 2. The highest BCUT2D eigenvalue weighted by Crippen LogP contribution is 2.27. The Morgan fingerprint density at radius 2 is 2.10 bits per heavy atom. The van der Waals surface area contributed by atoms with Gasteiger partial charge >= 0.3 is 12.5 Å². The van der Waals surface area contributed by atoms with Crippen LogP contribution in [-0.2, 0) is 16.0 Å². The van der Waals surface area contributed by atoms with Crippen molar-refractivity contribution < 1.29 is 32.2 Å². The quantitative estimate of drug-likeness (QED) is 0.735. The number of ether oxygens (including phenoxy) is 2. The summed E-state index contributed by atoms with van der Waals surface area (Å²) in [6.07, 6.45) is -2.42. The lowest BCUT2D eigenvalue weighted by Gasteiger charge is -2.35. The van der Waals surface area contributed by atoms with Gasteiger partial charge in [0.1, 0.15) is 5.75 Å². The highest BCUT2D eigenvalue weighted by molar-refractivity contribution is 5.80. The summed E-state index contributed by atoms with van der Waals surface area (Å²) in [6.45, 7) is 3.27. The van der Waals surface area contributed by atoms with Crippen molar-refractivity contribution in [3.63, 3.8) is 0 Å². The third kappa shape index (κ3) is 7.47. The van der Waals surface area contributed by atoms with Crippen LogP contribution in [0.4, 0.5) is 18.0 Å². The van der Waals surface area contributed by atoms with E-state index in [1.54, 1.807) is 11.0 Å². The van der Waals surface area contributed by atoms with Gasteiger partial charge in [-0.15, -0.1) is 13.2 Å². The molecule has 162 valence electrons. The Labute approximate surface area is 168 Å². The molecule has 0 radical (unpaired) electrons. The van der Waals surface area contributed by atoms with Crippen molar-refractivity contribution >= 4 is 12.0 Å². The average Bonchev–Trinajstić information content (AvgIpc) is 2.67. The number of piperidine rings is 1. The Hall–Kier alpha value is -2.45. The number of halogens is 3. The number of benzene rings is 1. The van der Waals surface area contributed by atoms with E-state index in [0.29, 0.717) is 25.9 Å². The molecule has 29 heavy (non-hydrogen) atoms. The molecule has 0 saturated carbocycles. The molecule has 0 spiro atoms. The van der Waals surface area contributed by atoms with Gasteiger partial charge in [-0.25, -0.2) is 4.79 Å². The van der Waals surface area contributed by atoms with E-state index in [9.17, 15) is 22.8 Å². The van der Waals surface area contributed by atoms with E-state index in [4.69, 9.17) is 0 Å². The van der Waals surface area contributed by atoms with Crippen molar-refractivity contribution in [3.8, 4) is 5.75 Å². The van der Waals surface area contributed by atoms with Crippen molar-refractivity contribution in [2.75, 3.05) is 26.7 Å². The first-order valence-electron chi connectivity index (χ1n) is 9.67. The highest BCUT2D eigenvalue weighted by atomic mass is 19.4. The van der Waals surface area contributed by atoms with E-state index < -0.39 is 12.5 Å². The van der Waals surface area contributed by atoms with Gasteiger partial charge in [-0.2, -0.15) is 0 Å². The molecule has 0 aliphatic carbocycles. The van der Waals surface area contributed by atoms with Crippen molar-refractivity contribution in [3.05, 3.63) is 29.8 Å². The van der Waals surface area contributed by atoms with Crippen LogP contribution in [0.5, 0.6) is 5.75 Å². The summed E-state index contributed by atoms with van der Waals surface area (Å²) < 4.78 is 45.8. The van der Waals surface area contributed by atoms with Gasteiger partial charge in [-0.3, -0.25) is 4.79 Å². The van der Waals surface area contributed by atoms with E-state index >= 15 is 0 Å². The standard InChI is InChI=1S/C20H27F3N2O4/c1-3-16(12-24-19(27)28-2)18(26)25-9-5-7-15(13-25)10-14-6-4-8-17(11-14)29-20(21,22)23/h4,6,8,11,15-16H,3,5,7,9-10,12-13H2,1-2H3,(H,24,27)/t15-,16+/m0/s1. The Balaban J connectivity index is 1.95. The van der Waals surface area contributed by atoms with E-state index in [1.807, 2.05) is 6.92 Å². The Kier molecular flexibility index (Phi) is 8.16. The number of hydrogen-bond acceptors (Lipinski definition) is 4. The van der Waals surface area contributed by atoms with Gasteiger partial charge in [0.25, 0.3) is 0 Å². The fraction of sp³-hybridized carbons (Fsp3) is 0.600. The second-order valence-corrected chi connectivity index (χ2v) is 7.17. The van der Waals surface area contributed by atoms with Gasteiger partial charge in [0.2, 0.25) is 5.91 Å². The molecule has 1 aromatic rings. The summed E-state index contributed by atoms with van der Waals surface area (Å²) >= 11 is 0. The number of hydrogen-bond donors (Lipinski definition) is 1. The summed E-state index contributed by atoms with van der Waals surface area (Å²) in [7, 11) is 1.27. The monoisotopic (exact) mass is 416 g/mol. The SMILES string of the molecule is CC[C@H](CNC(=O)OC)C(=O)N1CCC[C@@H](Cc2cccc(OC(F)(F)F)c2)C1. The van der Waals surface area contributed by atoms with Gasteiger partial charge in [-0.1, -0.05) is 19.1 Å². The maximum Gasteiger partial charge on any atom is 0.573 e.